The summed E-state index contributed by atoms with van der Waals surface area (Å²) in [7, 11) is 0. The zero-order valence-corrected chi connectivity index (χ0v) is 21.4. The summed E-state index contributed by atoms with van der Waals surface area (Å²) in [5.74, 6) is 0.558. The fourth-order valence-corrected chi connectivity index (χ4v) is 4.81. The van der Waals surface area contributed by atoms with Gasteiger partial charge in [-0.25, -0.2) is 4.39 Å². The maximum absolute atomic E-state index is 14.0. The molecule has 1 aliphatic carbocycles. The Balaban J connectivity index is 1.33. The van der Waals surface area contributed by atoms with Gasteiger partial charge in [0.2, 0.25) is 0 Å². The standard InChI is InChI=1S/C31H32F4O3/c1-21(36)4-2-5-23-10-13-29(19-30(23)24-6-3-7-26(32)18-24)38-28-16-14-27(15-17-28)37-20-22-8-11-25(12-9-22)31(33,34)35/h3,6-13,18-19,27-28H,2,4-5,14-17,20H2,1H3. The molecule has 3 aromatic rings. The molecular formula is C31H32F4O3. The van der Waals surface area contributed by atoms with Crippen molar-refractivity contribution in [3.8, 4) is 16.9 Å². The highest BCUT2D eigenvalue weighted by Crippen LogP contribution is 2.33. The number of rotatable bonds is 10. The molecule has 7 heteroatoms. The van der Waals surface area contributed by atoms with Crippen molar-refractivity contribution in [3.63, 3.8) is 0 Å². The van der Waals surface area contributed by atoms with Gasteiger partial charge in [0.05, 0.1) is 24.4 Å². The maximum atomic E-state index is 14.0. The Kier molecular flexibility index (Phi) is 9.21. The van der Waals surface area contributed by atoms with Crippen LogP contribution < -0.4 is 4.74 Å². The molecule has 0 unspecified atom stereocenters. The average Bonchev–Trinajstić information content (AvgIpc) is 2.88. The van der Waals surface area contributed by atoms with Gasteiger partial charge in [0.25, 0.3) is 0 Å². The second kappa shape index (κ2) is 12.6. The van der Waals surface area contributed by atoms with Crippen LogP contribution in [0.4, 0.5) is 17.6 Å². The molecule has 0 saturated heterocycles. The van der Waals surface area contributed by atoms with E-state index in [1.165, 1.54) is 24.3 Å². The van der Waals surface area contributed by atoms with Crippen LogP contribution in [0.25, 0.3) is 11.1 Å². The van der Waals surface area contributed by atoms with Crippen LogP contribution in [0.5, 0.6) is 5.75 Å². The molecule has 3 aromatic carbocycles. The quantitative estimate of drug-likeness (QED) is 0.248. The first kappa shape index (κ1) is 27.8. The van der Waals surface area contributed by atoms with Crippen LogP contribution in [0.3, 0.4) is 0 Å². The van der Waals surface area contributed by atoms with Crippen LogP contribution in [0.1, 0.15) is 62.1 Å². The van der Waals surface area contributed by atoms with Gasteiger partial charge in [-0.05, 0) is 104 Å². The number of halogens is 4. The molecule has 0 N–H and O–H groups in total. The summed E-state index contributed by atoms with van der Waals surface area (Å²) in [6, 6.07) is 17.4. The molecule has 0 atom stereocenters. The van der Waals surface area contributed by atoms with Crippen LogP contribution in [0.2, 0.25) is 0 Å². The maximum Gasteiger partial charge on any atom is 0.416 e. The molecule has 38 heavy (non-hydrogen) atoms. The van der Waals surface area contributed by atoms with Crippen molar-refractivity contribution < 1.29 is 31.8 Å². The van der Waals surface area contributed by atoms with Crippen LogP contribution >= 0.6 is 0 Å². The highest BCUT2D eigenvalue weighted by Gasteiger charge is 2.30. The van der Waals surface area contributed by atoms with Crippen molar-refractivity contribution in [3.05, 3.63) is 89.2 Å². The molecule has 0 heterocycles. The monoisotopic (exact) mass is 528 g/mol. The molecule has 1 saturated carbocycles. The lowest BCUT2D eigenvalue weighted by molar-refractivity contribution is -0.137. The summed E-state index contributed by atoms with van der Waals surface area (Å²) < 4.78 is 64.4. The molecule has 0 radical (unpaired) electrons. The summed E-state index contributed by atoms with van der Waals surface area (Å²) in [6.07, 6.45) is 0.850. The van der Waals surface area contributed by atoms with E-state index in [2.05, 4.69) is 0 Å². The number of ketones is 1. The Bertz CT molecular complexity index is 1210. The van der Waals surface area contributed by atoms with Crippen molar-refractivity contribution >= 4 is 5.78 Å². The minimum absolute atomic E-state index is 0.0184. The van der Waals surface area contributed by atoms with E-state index < -0.39 is 11.7 Å². The zero-order chi connectivity index (χ0) is 27.1. The first-order valence-corrected chi connectivity index (χ1v) is 13.0. The lowest BCUT2D eigenvalue weighted by Crippen LogP contribution is -2.28. The first-order valence-electron chi connectivity index (χ1n) is 13.0. The van der Waals surface area contributed by atoms with E-state index in [0.717, 1.165) is 60.9 Å². The molecule has 0 spiro atoms. The predicted molar refractivity (Wildman–Crippen MR) is 138 cm³/mol. The average molecular weight is 529 g/mol. The van der Waals surface area contributed by atoms with E-state index in [-0.39, 0.29) is 30.4 Å². The number of hydrogen-bond donors (Lipinski definition) is 0. The van der Waals surface area contributed by atoms with E-state index in [1.54, 1.807) is 13.0 Å². The summed E-state index contributed by atoms with van der Waals surface area (Å²) in [5.41, 5.74) is 2.77. The number of aryl methyl sites for hydroxylation is 1. The minimum atomic E-state index is -4.34. The van der Waals surface area contributed by atoms with Gasteiger partial charge >= 0.3 is 6.18 Å². The number of carbonyl (C=O) groups excluding carboxylic acids is 1. The Morgan fingerprint density at radius 1 is 0.921 bits per heavy atom. The fraction of sp³-hybridized carbons (Fsp3) is 0.387. The fourth-order valence-electron chi connectivity index (χ4n) is 4.81. The van der Waals surface area contributed by atoms with E-state index >= 15 is 0 Å². The van der Waals surface area contributed by atoms with Crippen molar-refractivity contribution in [2.24, 2.45) is 0 Å². The van der Waals surface area contributed by atoms with Gasteiger partial charge in [-0.3, -0.25) is 0 Å². The number of carbonyl (C=O) groups is 1. The van der Waals surface area contributed by atoms with Crippen LogP contribution in [0, 0.1) is 5.82 Å². The number of alkyl halides is 3. The molecule has 0 bridgehead atoms. The third-order valence-electron chi connectivity index (χ3n) is 6.88. The number of ether oxygens (including phenoxy) is 2. The van der Waals surface area contributed by atoms with Crippen LogP contribution in [-0.2, 0) is 28.7 Å². The SMILES string of the molecule is CC(=O)CCCc1ccc(OC2CCC(OCc3ccc(C(F)(F)F)cc3)CC2)cc1-c1cccc(F)c1. The Hall–Kier alpha value is -3.19. The number of hydrogen-bond acceptors (Lipinski definition) is 3. The number of benzene rings is 3. The van der Waals surface area contributed by atoms with Gasteiger partial charge in [-0.15, -0.1) is 0 Å². The van der Waals surface area contributed by atoms with Crippen molar-refractivity contribution in [1.82, 2.24) is 0 Å². The third-order valence-corrected chi connectivity index (χ3v) is 6.88. The Morgan fingerprint density at radius 3 is 2.29 bits per heavy atom. The molecule has 4 rings (SSSR count). The lowest BCUT2D eigenvalue weighted by atomic mass is 9.94. The van der Waals surface area contributed by atoms with Gasteiger partial charge in [-0.1, -0.05) is 30.3 Å². The smallest absolute Gasteiger partial charge is 0.416 e. The van der Waals surface area contributed by atoms with Gasteiger partial charge in [0.15, 0.2) is 0 Å². The first-order chi connectivity index (χ1) is 18.2. The van der Waals surface area contributed by atoms with E-state index in [1.807, 2.05) is 24.3 Å². The predicted octanol–water partition coefficient (Wildman–Crippen LogP) is 8.33. The molecule has 1 aliphatic rings. The molecule has 202 valence electrons. The van der Waals surface area contributed by atoms with Crippen molar-refractivity contribution in [2.75, 3.05) is 0 Å². The van der Waals surface area contributed by atoms with E-state index in [0.29, 0.717) is 24.2 Å². The molecular weight excluding hydrogens is 496 g/mol. The molecule has 0 amide bonds. The second-order valence-corrected chi connectivity index (χ2v) is 9.91. The normalized spacial score (nSPS) is 17.8. The zero-order valence-electron chi connectivity index (χ0n) is 21.4. The molecule has 3 nitrogen and oxygen atoms in total. The van der Waals surface area contributed by atoms with E-state index in [9.17, 15) is 22.4 Å². The highest BCUT2D eigenvalue weighted by atomic mass is 19.4. The van der Waals surface area contributed by atoms with Gasteiger partial charge in [0, 0.05) is 6.42 Å². The topological polar surface area (TPSA) is 35.5 Å². The van der Waals surface area contributed by atoms with Crippen molar-refractivity contribution in [2.45, 2.75) is 76.9 Å². The Labute approximate surface area is 220 Å². The Morgan fingerprint density at radius 2 is 1.63 bits per heavy atom. The highest BCUT2D eigenvalue weighted by molar-refractivity contribution is 5.75. The summed E-state index contributed by atoms with van der Waals surface area (Å²) in [5, 5.41) is 0. The molecule has 1 fully saturated rings. The molecule has 0 aromatic heterocycles. The van der Waals surface area contributed by atoms with Gasteiger partial charge in [-0.2, -0.15) is 13.2 Å². The largest absolute Gasteiger partial charge is 0.490 e. The van der Waals surface area contributed by atoms with Crippen LogP contribution in [0.15, 0.2) is 66.7 Å². The summed E-state index contributed by atoms with van der Waals surface area (Å²) >= 11 is 0. The second-order valence-electron chi connectivity index (χ2n) is 9.91. The van der Waals surface area contributed by atoms with Gasteiger partial charge in [0.1, 0.15) is 17.3 Å². The van der Waals surface area contributed by atoms with Crippen LogP contribution in [-0.4, -0.2) is 18.0 Å². The van der Waals surface area contributed by atoms with Crippen molar-refractivity contribution in [1.29, 1.82) is 0 Å². The summed E-state index contributed by atoms with van der Waals surface area (Å²) in [6.45, 7) is 1.86. The van der Waals surface area contributed by atoms with E-state index in [4.69, 9.17) is 9.47 Å². The van der Waals surface area contributed by atoms with Gasteiger partial charge < -0.3 is 14.3 Å². The summed E-state index contributed by atoms with van der Waals surface area (Å²) in [4.78, 5) is 11.4. The third kappa shape index (κ3) is 7.90. The minimum Gasteiger partial charge on any atom is -0.490 e. The number of Topliss-reactive ketones (excluding diaryl/α,β-unsaturated/α-hetero) is 1. The molecule has 0 aliphatic heterocycles. The lowest BCUT2D eigenvalue weighted by Gasteiger charge is -2.29.